The van der Waals surface area contributed by atoms with Crippen LogP contribution in [0.1, 0.15) is 16.8 Å². The van der Waals surface area contributed by atoms with Gasteiger partial charge in [0.25, 0.3) is 0 Å². The van der Waals surface area contributed by atoms with E-state index in [0.717, 1.165) is 4.70 Å². The fourth-order valence-corrected chi connectivity index (χ4v) is 2.44. The first-order chi connectivity index (χ1) is 7.47. The van der Waals surface area contributed by atoms with E-state index in [4.69, 9.17) is 0 Å². The number of carbonyl (C=O) groups is 1. The summed E-state index contributed by atoms with van der Waals surface area (Å²) in [7, 11) is 0. The molecule has 0 amide bonds. The van der Waals surface area contributed by atoms with Crippen molar-refractivity contribution in [3.05, 3.63) is 35.2 Å². The lowest BCUT2D eigenvalue weighted by atomic mass is 10.1. The molecule has 5 heteroatoms. The molecule has 1 nitrogen and oxygen atoms in total. The van der Waals surface area contributed by atoms with Crippen LogP contribution in [0.3, 0.4) is 0 Å². The number of halogens is 3. The highest BCUT2D eigenvalue weighted by atomic mass is 32.1. The first kappa shape index (κ1) is 11.1. The molecule has 84 valence electrons. The van der Waals surface area contributed by atoms with E-state index in [0.29, 0.717) is 5.39 Å². The standard InChI is InChI=1S/C11H7F3OS/c12-11(13,14)5-9(15)8-6-16-10-4-2-1-3-7(8)10/h1-4,6H,5H2. The molecule has 0 atom stereocenters. The van der Waals surface area contributed by atoms with E-state index in [1.165, 1.54) is 16.7 Å². The number of ketones is 1. The molecule has 0 saturated heterocycles. The van der Waals surface area contributed by atoms with Crippen LogP contribution in [0.4, 0.5) is 13.2 Å². The highest BCUT2D eigenvalue weighted by Gasteiger charge is 2.32. The molecule has 1 heterocycles. The minimum absolute atomic E-state index is 0.165. The van der Waals surface area contributed by atoms with Crippen LogP contribution in [0.15, 0.2) is 29.6 Å². The molecule has 0 fully saturated rings. The molecule has 0 unspecified atom stereocenters. The quantitative estimate of drug-likeness (QED) is 0.729. The Morgan fingerprint density at radius 1 is 1.25 bits per heavy atom. The Morgan fingerprint density at radius 2 is 1.94 bits per heavy atom. The molecule has 0 aliphatic rings. The number of fused-ring (bicyclic) bond motifs is 1. The van der Waals surface area contributed by atoms with Crippen molar-refractivity contribution in [3.8, 4) is 0 Å². The Hall–Kier alpha value is -1.36. The van der Waals surface area contributed by atoms with Crippen LogP contribution in [0.2, 0.25) is 0 Å². The fraction of sp³-hybridized carbons (Fsp3) is 0.182. The van der Waals surface area contributed by atoms with Crippen molar-refractivity contribution in [1.29, 1.82) is 0 Å². The highest BCUT2D eigenvalue weighted by Crippen LogP contribution is 2.29. The monoisotopic (exact) mass is 244 g/mol. The first-order valence-corrected chi connectivity index (χ1v) is 5.41. The van der Waals surface area contributed by atoms with E-state index in [1.54, 1.807) is 24.3 Å². The van der Waals surface area contributed by atoms with Gasteiger partial charge in [0.1, 0.15) is 6.42 Å². The lowest BCUT2D eigenvalue weighted by Gasteiger charge is -2.04. The van der Waals surface area contributed by atoms with E-state index < -0.39 is 18.4 Å². The Bertz CT molecular complexity index is 527. The predicted octanol–water partition coefficient (Wildman–Crippen LogP) is 4.04. The van der Waals surface area contributed by atoms with Crippen LogP contribution < -0.4 is 0 Å². The highest BCUT2D eigenvalue weighted by molar-refractivity contribution is 7.17. The molecule has 0 saturated carbocycles. The van der Waals surface area contributed by atoms with Crippen LogP contribution >= 0.6 is 11.3 Å². The molecule has 1 aromatic heterocycles. The number of alkyl halides is 3. The molecule has 2 aromatic rings. The summed E-state index contributed by atoms with van der Waals surface area (Å²) in [5, 5.41) is 2.08. The molecule has 0 bridgehead atoms. The maximum atomic E-state index is 12.1. The third-order valence-corrected chi connectivity index (χ3v) is 3.11. The summed E-state index contributed by atoms with van der Waals surface area (Å²) in [5.74, 6) is -0.870. The molecular formula is C11H7F3OS. The molecule has 0 aliphatic carbocycles. The van der Waals surface area contributed by atoms with Gasteiger partial charge in [-0.3, -0.25) is 4.79 Å². The lowest BCUT2D eigenvalue weighted by molar-refractivity contribution is -0.125. The van der Waals surface area contributed by atoms with Gasteiger partial charge in [0.15, 0.2) is 5.78 Å². The first-order valence-electron chi connectivity index (χ1n) is 4.53. The Balaban J connectivity index is 2.37. The summed E-state index contributed by atoms with van der Waals surface area (Å²) in [6, 6.07) is 6.94. The van der Waals surface area contributed by atoms with Gasteiger partial charge in [-0.05, 0) is 6.07 Å². The second-order valence-electron chi connectivity index (χ2n) is 3.36. The van der Waals surface area contributed by atoms with Gasteiger partial charge in [-0.15, -0.1) is 11.3 Å². The summed E-state index contributed by atoms with van der Waals surface area (Å²) >= 11 is 1.28. The number of thiophene rings is 1. The van der Waals surface area contributed by atoms with E-state index in [1.807, 2.05) is 0 Å². The SMILES string of the molecule is O=C(CC(F)(F)F)c1csc2ccccc12. The molecule has 16 heavy (non-hydrogen) atoms. The van der Waals surface area contributed by atoms with Crippen LogP contribution in [-0.4, -0.2) is 12.0 Å². The van der Waals surface area contributed by atoms with E-state index in [2.05, 4.69) is 0 Å². The number of hydrogen-bond acceptors (Lipinski definition) is 2. The van der Waals surface area contributed by atoms with Gasteiger partial charge in [0.2, 0.25) is 0 Å². The smallest absolute Gasteiger partial charge is 0.294 e. The van der Waals surface area contributed by atoms with Crippen molar-refractivity contribution in [2.24, 2.45) is 0 Å². The second-order valence-corrected chi connectivity index (χ2v) is 4.27. The molecular weight excluding hydrogens is 237 g/mol. The predicted molar refractivity (Wildman–Crippen MR) is 56.8 cm³/mol. The van der Waals surface area contributed by atoms with Gasteiger partial charge in [-0.25, -0.2) is 0 Å². The fourth-order valence-electron chi connectivity index (χ4n) is 1.47. The topological polar surface area (TPSA) is 17.1 Å². The summed E-state index contributed by atoms with van der Waals surface area (Å²) in [4.78, 5) is 11.4. The van der Waals surface area contributed by atoms with Crippen molar-refractivity contribution < 1.29 is 18.0 Å². The zero-order chi connectivity index (χ0) is 11.8. The van der Waals surface area contributed by atoms with Crippen molar-refractivity contribution in [3.63, 3.8) is 0 Å². The number of benzene rings is 1. The van der Waals surface area contributed by atoms with Gasteiger partial charge in [0.05, 0.1) is 0 Å². The van der Waals surface area contributed by atoms with Crippen molar-refractivity contribution in [1.82, 2.24) is 0 Å². The van der Waals surface area contributed by atoms with Crippen LogP contribution in [0.5, 0.6) is 0 Å². The maximum Gasteiger partial charge on any atom is 0.396 e. The normalized spacial score (nSPS) is 11.9. The van der Waals surface area contributed by atoms with Gasteiger partial charge < -0.3 is 0 Å². The number of carbonyl (C=O) groups excluding carboxylic acids is 1. The molecule has 1 aromatic carbocycles. The summed E-state index contributed by atoms with van der Waals surface area (Å²) in [6.45, 7) is 0. The van der Waals surface area contributed by atoms with E-state index >= 15 is 0 Å². The Morgan fingerprint density at radius 3 is 2.62 bits per heavy atom. The Labute approximate surface area is 93.5 Å². The zero-order valence-corrected chi connectivity index (χ0v) is 8.86. The third kappa shape index (κ3) is 2.24. The molecule has 0 aliphatic heterocycles. The minimum Gasteiger partial charge on any atom is -0.294 e. The molecule has 2 rings (SSSR count). The van der Waals surface area contributed by atoms with Crippen LogP contribution in [0, 0.1) is 0 Å². The molecule has 0 spiro atoms. The average molecular weight is 244 g/mol. The lowest BCUT2D eigenvalue weighted by Crippen LogP contribution is -2.14. The largest absolute Gasteiger partial charge is 0.396 e. The number of Topliss-reactive ketones (excluding diaryl/α,β-unsaturated/α-hetero) is 1. The van der Waals surface area contributed by atoms with Gasteiger partial charge in [-0.1, -0.05) is 18.2 Å². The number of rotatable bonds is 2. The zero-order valence-electron chi connectivity index (χ0n) is 8.04. The summed E-state index contributed by atoms with van der Waals surface area (Å²) < 4.78 is 37.1. The summed E-state index contributed by atoms with van der Waals surface area (Å²) in [5.41, 5.74) is 0.165. The van der Waals surface area contributed by atoms with E-state index in [9.17, 15) is 18.0 Å². The van der Waals surface area contributed by atoms with Gasteiger partial charge in [0, 0.05) is 21.0 Å². The molecule has 0 radical (unpaired) electrons. The average Bonchev–Trinajstić information content (AvgIpc) is 2.58. The van der Waals surface area contributed by atoms with Crippen LogP contribution in [-0.2, 0) is 0 Å². The minimum atomic E-state index is -4.44. The Kier molecular flexibility index (Phi) is 2.71. The molecule has 0 N–H and O–H groups in total. The third-order valence-electron chi connectivity index (χ3n) is 2.14. The van der Waals surface area contributed by atoms with Crippen molar-refractivity contribution >= 4 is 27.2 Å². The van der Waals surface area contributed by atoms with Gasteiger partial charge in [-0.2, -0.15) is 13.2 Å². The van der Waals surface area contributed by atoms with E-state index in [-0.39, 0.29) is 5.56 Å². The van der Waals surface area contributed by atoms with Gasteiger partial charge >= 0.3 is 6.18 Å². The van der Waals surface area contributed by atoms with Crippen molar-refractivity contribution in [2.45, 2.75) is 12.6 Å². The maximum absolute atomic E-state index is 12.1. The van der Waals surface area contributed by atoms with Crippen molar-refractivity contribution in [2.75, 3.05) is 0 Å². The van der Waals surface area contributed by atoms with Crippen LogP contribution in [0.25, 0.3) is 10.1 Å². The second kappa shape index (κ2) is 3.90. The number of hydrogen-bond donors (Lipinski definition) is 0. The summed E-state index contributed by atoms with van der Waals surface area (Å²) in [6.07, 6.45) is -5.84.